The fourth-order valence-electron chi connectivity index (χ4n) is 3.09. The van der Waals surface area contributed by atoms with Crippen LogP contribution in [0.25, 0.3) is 0 Å². The summed E-state index contributed by atoms with van der Waals surface area (Å²) in [7, 11) is 1.84. The Morgan fingerprint density at radius 2 is 2.04 bits per heavy atom. The van der Waals surface area contributed by atoms with Crippen LogP contribution in [0, 0.1) is 0 Å². The van der Waals surface area contributed by atoms with Crippen molar-refractivity contribution in [2.75, 3.05) is 25.0 Å². The van der Waals surface area contributed by atoms with E-state index in [4.69, 9.17) is 0 Å². The van der Waals surface area contributed by atoms with Gasteiger partial charge in [0.15, 0.2) is 0 Å². The molecular formula is C18H24N4O. The molecule has 5 heteroatoms. The predicted octanol–water partition coefficient (Wildman–Crippen LogP) is 2.84. The van der Waals surface area contributed by atoms with Crippen molar-refractivity contribution < 1.29 is 4.79 Å². The molecule has 1 aromatic carbocycles. The lowest BCUT2D eigenvalue weighted by molar-refractivity contribution is 0.0779. The highest BCUT2D eigenvalue weighted by Crippen LogP contribution is 2.25. The largest absolute Gasteiger partial charge is 0.371 e. The zero-order chi connectivity index (χ0) is 16.2. The number of aryl methyl sites for hydroxylation is 1. The summed E-state index contributed by atoms with van der Waals surface area (Å²) in [5.41, 5.74) is 3.92. The Labute approximate surface area is 137 Å². The Balaban J connectivity index is 1.74. The lowest BCUT2D eigenvalue weighted by Gasteiger charge is -2.24. The van der Waals surface area contributed by atoms with Gasteiger partial charge in [-0.25, -0.2) is 0 Å². The first-order valence-corrected chi connectivity index (χ1v) is 8.31. The molecule has 1 fully saturated rings. The summed E-state index contributed by atoms with van der Waals surface area (Å²) in [5, 5.41) is 7.03. The van der Waals surface area contributed by atoms with Crippen molar-refractivity contribution >= 4 is 11.6 Å². The van der Waals surface area contributed by atoms with Crippen molar-refractivity contribution in [3.63, 3.8) is 0 Å². The van der Waals surface area contributed by atoms with Crippen molar-refractivity contribution in [2.24, 2.45) is 0 Å². The Hall–Kier alpha value is -2.30. The molecule has 5 nitrogen and oxygen atoms in total. The van der Waals surface area contributed by atoms with Crippen LogP contribution in [0.2, 0.25) is 0 Å². The highest BCUT2D eigenvalue weighted by atomic mass is 16.2. The number of aromatic nitrogens is 2. The maximum Gasteiger partial charge on any atom is 0.274 e. The van der Waals surface area contributed by atoms with Crippen LogP contribution >= 0.6 is 0 Å². The lowest BCUT2D eigenvalue weighted by Crippen LogP contribution is -2.28. The normalized spacial score (nSPS) is 14.3. The monoisotopic (exact) mass is 312 g/mol. The van der Waals surface area contributed by atoms with E-state index in [2.05, 4.69) is 33.3 Å². The predicted molar refractivity (Wildman–Crippen MR) is 91.7 cm³/mol. The number of carbonyl (C=O) groups excluding carboxylic acids is 1. The average Bonchev–Trinajstić information content (AvgIpc) is 3.26. The first-order valence-electron chi connectivity index (χ1n) is 8.31. The van der Waals surface area contributed by atoms with E-state index >= 15 is 0 Å². The number of benzene rings is 1. The van der Waals surface area contributed by atoms with Crippen LogP contribution < -0.4 is 4.90 Å². The molecule has 1 amide bonds. The van der Waals surface area contributed by atoms with Gasteiger partial charge in [0, 0.05) is 38.1 Å². The molecule has 0 bridgehead atoms. The number of anilines is 1. The summed E-state index contributed by atoms with van der Waals surface area (Å²) in [4.78, 5) is 16.7. The molecule has 3 rings (SSSR count). The van der Waals surface area contributed by atoms with E-state index in [1.54, 1.807) is 4.90 Å². The van der Waals surface area contributed by atoms with E-state index in [-0.39, 0.29) is 5.91 Å². The van der Waals surface area contributed by atoms with Gasteiger partial charge in [-0.15, -0.1) is 0 Å². The van der Waals surface area contributed by atoms with E-state index in [1.165, 1.54) is 24.1 Å². The molecule has 23 heavy (non-hydrogen) atoms. The second-order valence-corrected chi connectivity index (χ2v) is 6.12. The molecule has 2 heterocycles. The molecule has 1 aliphatic heterocycles. The summed E-state index contributed by atoms with van der Waals surface area (Å²) in [6.07, 6.45) is 3.34. The van der Waals surface area contributed by atoms with Gasteiger partial charge in [-0.05, 0) is 37.0 Å². The third-order valence-corrected chi connectivity index (χ3v) is 4.42. The highest BCUT2D eigenvalue weighted by molar-refractivity contribution is 5.92. The minimum Gasteiger partial charge on any atom is -0.371 e. The molecule has 1 aromatic heterocycles. The Kier molecular flexibility index (Phi) is 4.65. The maximum atomic E-state index is 12.5. The average molecular weight is 312 g/mol. The number of rotatable bonds is 5. The van der Waals surface area contributed by atoms with Gasteiger partial charge in [0.25, 0.3) is 5.91 Å². The van der Waals surface area contributed by atoms with Gasteiger partial charge >= 0.3 is 0 Å². The minimum absolute atomic E-state index is 0.0443. The maximum absolute atomic E-state index is 12.5. The van der Waals surface area contributed by atoms with Gasteiger partial charge in [0.05, 0.1) is 0 Å². The third kappa shape index (κ3) is 3.38. The van der Waals surface area contributed by atoms with Crippen LogP contribution in [0.3, 0.4) is 0 Å². The van der Waals surface area contributed by atoms with E-state index in [0.717, 1.165) is 25.2 Å². The van der Waals surface area contributed by atoms with Crippen LogP contribution in [-0.4, -0.2) is 41.1 Å². The third-order valence-electron chi connectivity index (χ3n) is 4.42. The minimum atomic E-state index is -0.0443. The molecule has 1 N–H and O–H groups in total. The van der Waals surface area contributed by atoms with E-state index in [9.17, 15) is 4.79 Å². The fourth-order valence-corrected chi connectivity index (χ4v) is 3.09. The van der Waals surface area contributed by atoms with Gasteiger partial charge < -0.3 is 9.80 Å². The van der Waals surface area contributed by atoms with Crippen LogP contribution in [0.1, 0.15) is 41.5 Å². The first kappa shape index (κ1) is 15.6. The van der Waals surface area contributed by atoms with Gasteiger partial charge in [-0.1, -0.05) is 25.1 Å². The lowest BCUT2D eigenvalue weighted by atomic mass is 10.1. The molecular weight excluding hydrogens is 288 g/mol. The number of para-hydroxylation sites is 1. The first-order chi connectivity index (χ1) is 11.2. The van der Waals surface area contributed by atoms with Crippen LogP contribution in [0.4, 0.5) is 5.69 Å². The number of carbonyl (C=O) groups is 1. The van der Waals surface area contributed by atoms with Crippen molar-refractivity contribution in [3.8, 4) is 0 Å². The second kappa shape index (κ2) is 6.86. The SMILES string of the molecule is CCc1cc(C(=O)N(C)Cc2ccccc2N2CCCC2)n[nH]1. The number of nitrogens with one attached hydrogen (secondary N) is 1. The Morgan fingerprint density at radius 1 is 1.30 bits per heavy atom. The number of H-pyrrole nitrogens is 1. The van der Waals surface area contributed by atoms with Gasteiger partial charge in [0.2, 0.25) is 0 Å². The number of hydrogen-bond acceptors (Lipinski definition) is 3. The summed E-state index contributed by atoms with van der Waals surface area (Å²) < 4.78 is 0. The fraction of sp³-hybridized carbons (Fsp3) is 0.444. The van der Waals surface area contributed by atoms with Crippen LogP contribution in [0.5, 0.6) is 0 Å². The zero-order valence-electron chi connectivity index (χ0n) is 13.9. The highest BCUT2D eigenvalue weighted by Gasteiger charge is 2.19. The van der Waals surface area contributed by atoms with Gasteiger partial charge in [-0.2, -0.15) is 5.10 Å². The quantitative estimate of drug-likeness (QED) is 0.923. The molecule has 1 saturated heterocycles. The second-order valence-electron chi connectivity index (χ2n) is 6.12. The van der Waals surface area contributed by atoms with Crippen molar-refractivity contribution in [3.05, 3.63) is 47.3 Å². The van der Waals surface area contributed by atoms with E-state index in [0.29, 0.717) is 12.2 Å². The van der Waals surface area contributed by atoms with Gasteiger partial charge in [-0.3, -0.25) is 9.89 Å². The van der Waals surface area contributed by atoms with E-state index in [1.807, 2.05) is 26.1 Å². The Morgan fingerprint density at radius 3 is 2.74 bits per heavy atom. The number of amides is 1. The standard InChI is InChI=1S/C18H24N4O/c1-3-15-12-16(20-19-15)18(23)21(2)13-14-8-4-5-9-17(14)22-10-6-7-11-22/h4-5,8-9,12H,3,6-7,10-11,13H2,1-2H3,(H,19,20). The van der Waals surface area contributed by atoms with Crippen LogP contribution in [-0.2, 0) is 13.0 Å². The number of nitrogens with zero attached hydrogens (tertiary/aromatic N) is 3. The van der Waals surface area contributed by atoms with Gasteiger partial charge in [0.1, 0.15) is 5.69 Å². The van der Waals surface area contributed by atoms with Crippen molar-refractivity contribution in [2.45, 2.75) is 32.7 Å². The molecule has 0 radical (unpaired) electrons. The number of aromatic amines is 1. The van der Waals surface area contributed by atoms with Crippen molar-refractivity contribution in [1.82, 2.24) is 15.1 Å². The molecule has 122 valence electrons. The molecule has 0 atom stereocenters. The molecule has 0 unspecified atom stereocenters. The zero-order valence-corrected chi connectivity index (χ0v) is 13.9. The molecule has 2 aromatic rings. The smallest absolute Gasteiger partial charge is 0.274 e. The number of hydrogen-bond donors (Lipinski definition) is 1. The molecule has 1 aliphatic rings. The summed E-state index contributed by atoms with van der Waals surface area (Å²) in [6.45, 7) is 4.85. The molecule has 0 spiro atoms. The summed E-state index contributed by atoms with van der Waals surface area (Å²) >= 11 is 0. The Bertz CT molecular complexity index is 673. The summed E-state index contributed by atoms with van der Waals surface area (Å²) in [5.74, 6) is -0.0443. The molecule has 0 saturated carbocycles. The molecule has 0 aliphatic carbocycles. The summed E-state index contributed by atoms with van der Waals surface area (Å²) in [6, 6.07) is 10.2. The van der Waals surface area contributed by atoms with Crippen molar-refractivity contribution in [1.29, 1.82) is 0 Å². The van der Waals surface area contributed by atoms with Crippen LogP contribution in [0.15, 0.2) is 30.3 Å². The van der Waals surface area contributed by atoms with E-state index < -0.39 is 0 Å². The topological polar surface area (TPSA) is 52.2 Å².